The molecule has 5 heteroatoms. The van der Waals surface area contributed by atoms with Crippen LogP contribution in [0.3, 0.4) is 0 Å². The third kappa shape index (κ3) is 3.36. The smallest absolute Gasteiger partial charge is 0.387 e. The fourth-order valence-corrected chi connectivity index (χ4v) is 2.07. The van der Waals surface area contributed by atoms with Crippen molar-refractivity contribution in [2.45, 2.75) is 19.5 Å². The van der Waals surface area contributed by atoms with Crippen LogP contribution in [-0.2, 0) is 6.42 Å². The second-order valence-corrected chi connectivity index (χ2v) is 4.19. The lowest BCUT2D eigenvalue weighted by molar-refractivity contribution is -0.0500. The van der Waals surface area contributed by atoms with Gasteiger partial charge in [-0.1, -0.05) is 6.07 Å². The monoisotopic (exact) mass is 245 g/mol. The Kier molecular flexibility index (Phi) is 3.89. The van der Waals surface area contributed by atoms with Crippen LogP contribution in [0.2, 0.25) is 0 Å². The summed E-state index contributed by atoms with van der Waals surface area (Å²) in [5.41, 5.74) is 0.556. The summed E-state index contributed by atoms with van der Waals surface area (Å²) in [6.07, 6.45) is 1.66. The minimum absolute atomic E-state index is 0.134. The molecular formula is C12H14F3NO. The summed E-state index contributed by atoms with van der Waals surface area (Å²) < 4.78 is 41.6. The van der Waals surface area contributed by atoms with Gasteiger partial charge in [0.1, 0.15) is 11.6 Å². The van der Waals surface area contributed by atoms with Crippen LogP contribution < -0.4 is 10.1 Å². The lowest BCUT2D eigenvalue weighted by Crippen LogP contribution is -2.11. The second-order valence-electron chi connectivity index (χ2n) is 4.19. The first kappa shape index (κ1) is 12.2. The summed E-state index contributed by atoms with van der Waals surface area (Å²) in [6.45, 7) is -1.08. The molecule has 0 bridgehead atoms. The molecule has 0 amide bonds. The Morgan fingerprint density at radius 3 is 2.82 bits per heavy atom. The van der Waals surface area contributed by atoms with Gasteiger partial charge in [-0.15, -0.1) is 0 Å². The molecule has 1 fully saturated rings. The van der Waals surface area contributed by atoms with Gasteiger partial charge in [0.2, 0.25) is 0 Å². The summed E-state index contributed by atoms with van der Waals surface area (Å²) >= 11 is 0. The van der Waals surface area contributed by atoms with E-state index in [1.807, 2.05) is 0 Å². The molecule has 1 saturated heterocycles. The van der Waals surface area contributed by atoms with E-state index in [1.54, 1.807) is 0 Å². The summed E-state index contributed by atoms with van der Waals surface area (Å²) in [5, 5.41) is 3.20. The molecule has 0 radical (unpaired) electrons. The third-order valence-electron chi connectivity index (χ3n) is 2.92. The first-order chi connectivity index (χ1) is 8.15. The Labute approximate surface area is 97.8 Å². The van der Waals surface area contributed by atoms with Gasteiger partial charge in [0.25, 0.3) is 0 Å². The number of hydrogen-bond donors (Lipinski definition) is 1. The minimum Gasteiger partial charge on any atom is -0.435 e. The largest absolute Gasteiger partial charge is 0.435 e. The zero-order valence-electron chi connectivity index (χ0n) is 9.26. The fraction of sp³-hybridized carbons (Fsp3) is 0.500. The fourth-order valence-electron chi connectivity index (χ4n) is 2.07. The third-order valence-corrected chi connectivity index (χ3v) is 2.92. The lowest BCUT2D eigenvalue weighted by Gasteiger charge is -2.10. The van der Waals surface area contributed by atoms with Gasteiger partial charge in [0, 0.05) is 6.07 Å². The van der Waals surface area contributed by atoms with Gasteiger partial charge in [-0.2, -0.15) is 8.78 Å². The molecule has 17 heavy (non-hydrogen) atoms. The van der Waals surface area contributed by atoms with Gasteiger partial charge in [-0.25, -0.2) is 4.39 Å². The van der Waals surface area contributed by atoms with Crippen molar-refractivity contribution in [1.82, 2.24) is 5.32 Å². The van der Waals surface area contributed by atoms with Crippen LogP contribution in [0.25, 0.3) is 0 Å². The van der Waals surface area contributed by atoms with Crippen molar-refractivity contribution in [3.05, 3.63) is 29.6 Å². The van der Waals surface area contributed by atoms with Gasteiger partial charge >= 0.3 is 6.61 Å². The van der Waals surface area contributed by atoms with E-state index in [2.05, 4.69) is 10.1 Å². The predicted molar refractivity (Wildman–Crippen MR) is 57.7 cm³/mol. The number of hydrogen-bond acceptors (Lipinski definition) is 2. The minimum atomic E-state index is -2.92. The van der Waals surface area contributed by atoms with Crippen LogP contribution in [0, 0.1) is 11.7 Å². The molecular weight excluding hydrogens is 231 g/mol. The van der Waals surface area contributed by atoms with Crippen LogP contribution in [0.1, 0.15) is 12.0 Å². The summed E-state index contributed by atoms with van der Waals surface area (Å²) in [7, 11) is 0. The Morgan fingerprint density at radius 1 is 1.41 bits per heavy atom. The van der Waals surface area contributed by atoms with Crippen molar-refractivity contribution in [2.24, 2.45) is 5.92 Å². The van der Waals surface area contributed by atoms with E-state index < -0.39 is 12.4 Å². The highest BCUT2D eigenvalue weighted by Gasteiger charge is 2.17. The van der Waals surface area contributed by atoms with Crippen molar-refractivity contribution < 1.29 is 17.9 Å². The summed E-state index contributed by atoms with van der Waals surface area (Å²) in [5.74, 6) is -0.188. The van der Waals surface area contributed by atoms with Gasteiger partial charge in [-0.05, 0) is 43.5 Å². The molecule has 94 valence electrons. The Bertz CT molecular complexity index is 378. The highest BCUT2D eigenvalue weighted by atomic mass is 19.3. The number of alkyl halides is 2. The highest BCUT2D eigenvalue weighted by Crippen LogP contribution is 2.22. The van der Waals surface area contributed by atoms with Gasteiger partial charge in [0.05, 0.1) is 0 Å². The molecule has 0 spiro atoms. The second kappa shape index (κ2) is 5.40. The normalized spacial score (nSPS) is 19.9. The average molecular weight is 245 g/mol. The van der Waals surface area contributed by atoms with E-state index in [-0.39, 0.29) is 5.75 Å². The zero-order valence-corrected chi connectivity index (χ0v) is 9.26. The van der Waals surface area contributed by atoms with E-state index in [0.717, 1.165) is 25.6 Å². The number of benzene rings is 1. The van der Waals surface area contributed by atoms with E-state index in [1.165, 1.54) is 12.1 Å². The highest BCUT2D eigenvalue weighted by molar-refractivity contribution is 5.29. The molecule has 1 aromatic rings. The van der Waals surface area contributed by atoms with E-state index in [4.69, 9.17) is 0 Å². The van der Waals surface area contributed by atoms with Crippen molar-refractivity contribution in [3.8, 4) is 5.75 Å². The SMILES string of the molecule is Fc1cc(OC(F)F)ccc1CC1CCNC1. The van der Waals surface area contributed by atoms with Gasteiger partial charge < -0.3 is 10.1 Å². The molecule has 1 aromatic carbocycles. The van der Waals surface area contributed by atoms with Crippen molar-refractivity contribution in [2.75, 3.05) is 13.1 Å². The van der Waals surface area contributed by atoms with Crippen LogP contribution in [-0.4, -0.2) is 19.7 Å². The van der Waals surface area contributed by atoms with Crippen molar-refractivity contribution in [3.63, 3.8) is 0 Å². The molecule has 1 heterocycles. The maximum absolute atomic E-state index is 13.6. The summed E-state index contributed by atoms with van der Waals surface area (Å²) in [4.78, 5) is 0. The molecule has 0 saturated carbocycles. The standard InChI is InChI=1S/C12H14F3NO/c13-11-6-10(17-12(14)15)2-1-9(11)5-8-3-4-16-7-8/h1-2,6,8,12,16H,3-5,7H2. The first-order valence-corrected chi connectivity index (χ1v) is 5.59. The van der Waals surface area contributed by atoms with Crippen molar-refractivity contribution in [1.29, 1.82) is 0 Å². The van der Waals surface area contributed by atoms with Crippen LogP contribution in [0.15, 0.2) is 18.2 Å². The molecule has 0 aromatic heterocycles. The van der Waals surface area contributed by atoms with Gasteiger partial charge in [-0.3, -0.25) is 0 Å². The topological polar surface area (TPSA) is 21.3 Å². The number of nitrogens with one attached hydrogen (secondary N) is 1. The Hall–Kier alpha value is -1.23. The number of halogens is 3. The van der Waals surface area contributed by atoms with Gasteiger partial charge in [0.15, 0.2) is 0 Å². The molecule has 1 N–H and O–H groups in total. The Morgan fingerprint density at radius 2 is 2.24 bits per heavy atom. The maximum atomic E-state index is 13.6. The molecule has 1 atom stereocenters. The van der Waals surface area contributed by atoms with Crippen LogP contribution in [0.4, 0.5) is 13.2 Å². The van der Waals surface area contributed by atoms with E-state index in [9.17, 15) is 13.2 Å². The molecule has 2 rings (SSSR count). The average Bonchev–Trinajstić information content (AvgIpc) is 2.74. The van der Waals surface area contributed by atoms with Crippen molar-refractivity contribution >= 4 is 0 Å². The van der Waals surface area contributed by atoms with Crippen LogP contribution >= 0.6 is 0 Å². The molecule has 1 unspecified atom stereocenters. The number of ether oxygens (including phenoxy) is 1. The zero-order chi connectivity index (χ0) is 12.3. The Balaban J connectivity index is 2.03. The first-order valence-electron chi connectivity index (χ1n) is 5.59. The van der Waals surface area contributed by atoms with Crippen LogP contribution in [0.5, 0.6) is 5.75 Å². The molecule has 1 aliphatic rings. The maximum Gasteiger partial charge on any atom is 0.387 e. The molecule has 1 aliphatic heterocycles. The number of rotatable bonds is 4. The van der Waals surface area contributed by atoms with E-state index >= 15 is 0 Å². The molecule has 0 aliphatic carbocycles. The summed E-state index contributed by atoms with van der Waals surface area (Å²) in [6, 6.07) is 3.92. The van der Waals surface area contributed by atoms with E-state index in [0.29, 0.717) is 17.9 Å². The predicted octanol–water partition coefficient (Wildman–Crippen LogP) is 2.58. The molecule has 2 nitrogen and oxygen atoms in total. The quantitative estimate of drug-likeness (QED) is 0.880. The lowest BCUT2D eigenvalue weighted by atomic mass is 9.98.